The molecule has 0 radical (unpaired) electrons. The SMILES string of the molecule is Cc1ccc(C2(N=C=O)CC2)cc1OC(F)F. The summed E-state index contributed by atoms with van der Waals surface area (Å²) in [7, 11) is 0. The van der Waals surface area contributed by atoms with Crippen molar-refractivity contribution in [2.45, 2.75) is 31.9 Å². The van der Waals surface area contributed by atoms with Crippen molar-refractivity contribution in [3.8, 4) is 5.75 Å². The van der Waals surface area contributed by atoms with Crippen LogP contribution in [0.3, 0.4) is 0 Å². The monoisotopic (exact) mass is 239 g/mol. The molecule has 0 aliphatic heterocycles. The lowest BCUT2D eigenvalue weighted by atomic mass is 10.0. The van der Waals surface area contributed by atoms with Gasteiger partial charge < -0.3 is 4.74 Å². The summed E-state index contributed by atoms with van der Waals surface area (Å²) in [6.07, 6.45) is 3.00. The number of rotatable bonds is 4. The molecule has 1 aliphatic rings. The van der Waals surface area contributed by atoms with Crippen LogP contribution in [0.2, 0.25) is 0 Å². The van der Waals surface area contributed by atoms with Crippen molar-refractivity contribution in [3.05, 3.63) is 29.3 Å². The normalized spacial score (nSPS) is 16.5. The fraction of sp³-hybridized carbons (Fsp3) is 0.417. The molecule has 2 rings (SSSR count). The number of aliphatic imine (C=N–C) groups is 1. The Bertz CT molecular complexity index is 477. The number of halogens is 2. The van der Waals surface area contributed by atoms with E-state index < -0.39 is 12.2 Å². The first-order valence-corrected chi connectivity index (χ1v) is 5.22. The highest BCUT2D eigenvalue weighted by molar-refractivity contribution is 5.45. The third-order valence-electron chi connectivity index (χ3n) is 2.92. The van der Waals surface area contributed by atoms with Crippen LogP contribution in [0.15, 0.2) is 23.2 Å². The Morgan fingerprint density at radius 2 is 2.18 bits per heavy atom. The average Bonchev–Trinajstić information content (AvgIpc) is 3.02. The van der Waals surface area contributed by atoms with Gasteiger partial charge in [0.25, 0.3) is 0 Å². The van der Waals surface area contributed by atoms with E-state index in [9.17, 15) is 13.6 Å². The zero-order valence-electron chi connectivity index (χ0n) is 9.24. The van der Waals surface area contributed by atoms with Crippen LogP contribution in [0.25, 0.3) is 0 Å². The van der Waals surface area contributed by atoms with Crippen molar-refractivity contribution in [2.75, 3.05) is 0 Å². The Morgan fingerprint density at radius 3 is 2.71 bits per heavy atom. The molecule has 0 unspecified atom stereocenters. The van der Waals surface area contributed by atoms with Crippen molar-refractivity contribution < 1.29 is 18.3 Å². The molecule has 0 spiro atoms. The number of hydrogen-bond acceptors (Lipinski definition) is 3. The highest BCUT2D eigenvalue weighted by Gasteiger charge is 2.45. The summed E-state index contributed by atoms with van der Waals surface area (Å²) >= 11 is 0. The van der Waals surface area contributed by atoms with Gasteiger partial charge in [-0.05, 0) is 37.0 Å². The largest absolute Gasteiger partial charge is 0.435 e. The summed E-state index contributed by atoms with van der Waals surface area (Å²) < 4.78 is 28.8. The molecular formula is C12H11F2NO2. The minimum atomic E-state index is -2.85. The number of isocyanates is 1. The number of carbonyl (C=O) groups excluding carboxylic acids is 1. The lowest BCUT2D eigenvalue weighted by Gasteiger charge is -2.13. The zero-order valence-corrected chi connectivity index (χ0v) is 9.24. The van der Waals surface area contributed by atoms with Gasteiger partial charge in [-0.3, -0.25) is 0 Å². The standard InChI is InChI=1S/C12H11F2NO2/c1-8-2-3-9(6-10(8)17-11(13)14)12(4-5-12)15-7-16/h2-3,6,11H,4-5H2,1H3. The van der Waals surface area contributed by atoms with E-state index in [-0.39, 0.29) is 5.75 Å². The molecule has 5 heteroatoms. The summed E-state index contributed by atoms with van der Waals surface area (Å²) in [5.74, 6) is 0.130. The summed E-state index contributed by atoms with van der Waals surface area (Å²) in [6.45, 7) is -1.17. The minimum absolute atomic E-state index is 0.130. The van der Waals surface area contributed by atoms with Crippen LogP contribution in [0.4, 0.5) is 8.78 Å². The molecule has 0 aromatic heterocycles. The van der Waals surface area contributed by atoms with Crippen molar-refractivity contribution in [1.29, 1.82) is 0 Å². The molecule has 1 fully saturated rings. The summed E-state index contributed by atoms with van der Waals surface area (Å²) in [5.41, 5.74) is 0.789. The maximum Gasteiger partial charge on any atom is 0.387 e. The molecule has 1 aromatic rings. The highest BCUT2D eigenvalue weighted by Crippen LogP contribution is 2.50. The van der Waals surface area contributed by atoms with Crippen LogP contribution in [0.1, 0.15) is 24.0 Å². The molecule has 0 amide bonds. The number of ether oxygens (including phenoxy) is 1. The molecule has 1 aromatic carbocycles. The van der Waals surface area contributed by atoms with E-state index >= 15 is 0 Å². The number of aryl methyl sites for hydroxylation is 1. The second-order valence-corrected chi connectivity index (χ2v) is 4.09. The molecule has 3 nitrogen and oxygen atoms in total. The molecular weight excluding hydrogens is 228 g/mol. The summed E-state index contributed by atoms with van der Waals surface area (Å²) in [6, 6.07) is 4.99. The zero-order chi connectivity index (χ0) is 12.5. The van der Waals surface area contributed by atoms with Crippen LogP contribution in [-0.2, 0) is 10.3 Å². The predicted octanol–water partition coefficient (Wildman–Crippen LogP) is 2.92. The molecule has 0 atom stereocenters. The summed E-state index contributed by atoms with van der Waals surface area (Å²) in [4.78, 5) is 14.1. The van der Waals surface area contributed by atoms with Gasteiger partial charge in [0.2, 0.25) is 6.08 Å². The van der Waals surface area contributed by atoms with E-state index in [0.717, 1.165) is 18.4 Å². The van der Waals surface area contributed by atoms with E-state index in [0.29, 0.717) is 5.56 Å². The van der Waals surface area contributed by atoms with E-state index in [1.165, 1.54) is 12.1 Å². The van der Waals surface area contributed by atoms with Crippen molar-refractivity contribution in [3.63, 3.8) is 0 Å². The Labute approximate surface area is 97.1 Å². The van der Waals surface area contributed by atoms with E-state index in [1.54, 1.807) is 19.1 Å². The van der Waals surface area contributed by atoms with Crippen LogP contribution in [0, 0.1) is 6.92 Å². The van der Waals surface area contributed by atoms with Crippen LogP contribution >= 0.6 is 0 Å². The lowest BCUT2D eigenvalue weighted by Crippen LogP contribution is -2.07. The number of hydrogen-bond donors (Lipinski definition) is 0. The average molecular weight is 239 g/mol. The highest BCUT2D eigenvalue weighted by atomic mass is 19.3. The fourth-order valence-corrected chi connectivity index (χ4v) is 1.78. The first-order valence-electron chi connectivity index (χ1n) is 5.22. The van der Waals surface area contributed by atoms with Gasteiger partial charge in [-0.25, -0.2) is 4.79 Å². The lowest BCUT2D eigenvalue weighted by molar-refractivity contribution is -0.0503. The van der Waals surface area contributed by atoms with Gasteiger partial charge in [0.05, 0.1) is 5.54 Å². The van der Waals surface area contributed by atoms with Gasteiger partial charge in [0, 0.05) is 0 Å². The molecule has 0 heterocycles. The maximum absolute atomic E-state index is 12.2. The van der Waals surface area contributed by atoms with Gasteiger partial charge >= 0.3 is 6.61 Å². The number of alkyl halides is 2. The Kier molecular flexibility index (Phi) is 2.94. The van der Waals surface area contributed by atoms with Gasteiger partial charge in [-0.15, -0.1) is 0 Å². The first kappa shape index (κ1) is 11.7. The molecule has 90 valence electrons. The molecule has 0 bridgehead atoms. The summed E-state index contributed by atoms with van der Waals surface area (Å²) in [5, 5.41) is 0. The smallest absolute Gasteiger partial charge is 0.387 e. The second kappa shape index (κ2) is 4.26. The van der Waals surface area contributed by atoms with E-state index in [4.69, 9.17) is 0 Å². The maximum atomic E-state index is 12.2. The number of nitrogens with zero attached hydrogens (tertiary/aromatic N) is 1. The fourth-order valence-electron chi connectivity index (χ4n) is 1.78. The van der Waals surface area contributed by atoms with Crippen LogP contribution < -0.4 is 4.74 Å². The Hall–Kier alpha value is -1.74. The van der Waals surface area contributed by atoms with Crippen molar-refractivity contribution in [1.82, 2.24) is 0 Å². The third-order valence-corrected chi connectivity index (χ3v) is 2.92. The minimum Gasteiger partial charge on any atom is -0.435 e. The van der Waals surface area contributed by atoms with Gasteiger partial charge in [0.1, 0.15) is 5.75 Å². The Balaban J connectivity index is 2.34. The van der Waals surface area contributed by atoms with E-state index in [1.807, 2.05) is 0 Å². The molecule has 1 saturated carbocycles. The third kappa shape index (κ3) is 2.34. The van der Waals surface area contributed by atoms with Crippen molar-refractivity contribution in [2.24, 2.45) is 4.99 Å². The first-order chi connectivity index (χ1) is 8.07. The van der Waals surface area contributed by atoms with Crippen molar-refractivity contribution >= 4 is 6.08 Å². The van der Waals surface area contributed by atoms with Gasteiger partial charge in [-0.2, -0.15) is 13.8 Å². The Morgan fingerprint density at radius 1 is 1.47 bits per heavy atom. The molecule has 1 aliphatic carbocycles. The molecule has 17 heavy (non-hydrogen) atoms. The predicted molar refractivity (Wildman–Crippen MR) is 56.8 cm³/mol. The number of benzene rings is 1. The van der Waals surface area contributed by atoms with E-state index in [2.05, 4.69) is 9.73 Å². The quantitative estimate of drug-likeness (QED) is 0.598. The van der Waals surface area contributed by atoms with Crippen LogP contribution in [-0.4, -0.2) is 12.7 Å². The van der Waals surface area contributed by atoms with Gasteiger partial charge in [-0.1, -0.05) is 12.1 Å². The molecule has 0 N–H and O–H groups in total. The van der Waals surface area contributed by atoms with Gasteiger partial charge in [0.15, 0.2) is 0 Å². The second-order valence-electron chi connectivity index (χ2n) is 4.09. The van der Waals surface area contributed by atoms with Crippen LogP contribution in [0.5, 0.6) is 5.75 Å². The topological polar surface area (TPSA) is 38.7 Å². The molecule has 0 saturated heterocycles.